The monoisotopic (exact) mass is 450 g/mol. The molecule has 0 radical (unpaired) electrons. The highest BCUT2D eigenvalue weighted by Gasteiger charge is 2.32. The van der Waals surface area contributed by atoms with Gasteiger partial charge in [0.15, 0.2) is 5.96 Å². The highest BCUT2D eigenvalue weighted by Crippen LogP contribution is 2.40. The molecule has 0 aromatic rings. The van der Waals surface area contributed by atoms with Gasteiger partial charge in [0.1, 0.15) is 6.54 Å². The van der Waals surface area contributed by atoms with E-state index in [2.05, 4.69) is 22.5 Å². The number of rotatable bonds is 6. The van der Waals surface area contributed by atoms with Crippen LogP contribution in [0.2, 0.25) is 0 Å². The first-order chi connectivity index (χ1) is 11.0. The minimum absolute atomic E-state index is 0. The quantitative estimate of drug-likeness (QED) is 0.372. The molecule has 2 aliphatic rings. The molecule has 2 fully saturated rings. The summed E-state index contributed by atoms with van der Waals surface area (Å²) in [5.41, 5.74) is 0.420. The van der Waals surface area contributed by atoms with E-state index in [0.29, 0.717) is 11.5 Å². The average Bonchev–Trinajstić information content (AvgIpc) is 3.21. The lowest BCUT2D eigenvalue weighted by atomic mass is 9.83. The first-order valence-corrected chi connectivity index (χ1v) is 9.30. The van der Waals surface area contributed by atoms with Crippen molar-refractivity contribution in [3.8, 4) is 0 Å². The van der Waals surface area contributed by atoms with Crippen LogP contribution in [-0.4, -0.2) is 50.0 Å². The van der Waals surface area contributed by atoms with E-state index in [9.17, 15) is 4.79 Å². The molecule has 0 atom stereocenters. The molecule has 2 N–H and O–H groups in total. The van der Waals surface area contributed by atoms with Crippen LogP contribution in [0.5, 0.6) is 0 Å². The lowest BCUT2D eigenvalue weighted by Gasteiger charge is -2.29. The summed E-state index contributed by atoms with van der Waals surface area (Å²) in [7, 11) is 3.56. The maximum absolute atomic E-state index is 11.8. The zero-order valence-electron chi connectivity index (χ0n) is 15.6. The molecule has 6 heteroatoms. The normalized spacial score (nSPS) is 20.5. The molecule has 1 amide bonds. The Labute approximate surface area is 164 Å². The van der Waals surface area contributed by atoms with Crippen LogP contribution < -0.4 is 10.6 Å². The number of nitrogens with one attached hydrogen (secondary N) is 2. The summed E-state index contributed by atoms with van der Waals surface area (Å²) < 4.78 is 0. The predicted molar refractivity (Wildman–Crippen MR) is 111 cm³/mol. The second kappa shape index (κ2) is 10.5. The van der Waals surface area contributed by atoms with Crippen molar-refractivity contribution < 1.29 is 4.79 Å². The van der Waals surface area contributed by atoms with Gasteiger partial charge in [-0.2, -0.15) is 0 Å². The zero-order valence-corrected chi connectivity index (χ0v) is 17.9. The van der Waals surface area contributed by atoms with Crippen LogP contribution in [0.4, 0.5) is 0 Å². The van der Waals surface area contributed by atoms with Crippen molar-refractivity contribution in [2.75, 3.05) is 27.2 Å². The van der Waals surface area contributed by atoms with Gasteiger partial charge in [-0.3, -0.25) is 4.79 Å². The second-order valence-electron chi connectivity index (χ2n) is 7.49. The van der Waals surface area contributed by atoms with Crippen molar-refractivity contribution >= 4 is 35.8 Å². The van der Waals surface area contributed by atoms with Crippen molar-refractivity contribution in [3.05, 3.63) is 0 Å². The Bertz CT molecular complexity index is 413. The molecular formula is C18H35IN4O. The van der Waals surface area contributed by atoms with E-state index >= 15 is 0 Å². The summed E-state index contributed by atoms with van der Waals surface area (Å²) in [6, 6.07) is 0.511. The van der Waals surface area contributed by atoms with E-state index in [0.717, 1.165) is 12.5 Å². The molecule has 2 aliphatic carbocycles. The molecule has 2 saturated carbocycles. The highest BCUT2D eigenvalue weighted by atomic mass is 127. The Morgan fingerprint density at radius 2 is 1.79 bits per heavy atom. The molecule has 0 aromatic carbocycles. The van der Waals surface area contributed by atoms with Gasteiger partial charge in [0.2, 0.25) is 5.91 Å². The third-order valence-corrected chi connectivity index (χ3v) is 5.61. The van der Waals surface area contributed by atoms with Crippen molar-refractivity contribution in [1.82, 2.24) is 15.5 Å². The second-order valence-corrected chi connectivity index (χ2v) is 7.49. The summed E-state index contributed by atoms with van der Waals surface area (Å²) in [5, 5.41) is 7.09. The number of halogens is 1. The molecule has 2 rings (SSSR count). The Hall–Kier alpha value is -0.530. The number of hydrogen-bond donors (Lipinski definition) is 2. The largest absolute Gasteiger partial charge is 0.356 e. The molecule has 0 spiro atoms. The van der Waals surface area contributed by atoms with Crippen LogP contribution in [0.25, 0.3) is 0 Å². The number of carbonyl (C=O) groups is 1. The Kier molecular flexibility index (Phi) is 9.37. The third-order valence-electron chi connectivity index (χ3n) is 5.61. The van der Waals surface area contributed by atoms with Crippen LogP contribution in [0, 0.1) is 5.41 Å². The van der Waals surface area contributed by atoms with Crippen LogP contribution in [0.3, 0.4) is 0 Å². The van der Waals surface area contributed by atoms with Gasteiger partial charge in [-0.1, -0.05) is 32.6 Å². The van der Waals surface area contributed by atoms with Crippen LogP contribution in [-0.2, 0) is 4.79 Å². The van der Waals surface area contributed by atoms with E-state index in [1.807, 2.05) is 0 Å². The number of hydrogen-bond acceptors (Lipinski definition) is 2. The summed E-state index contributed by atoms with van der Waals surface area (Å²) >= 11 is 0. The third kappa shape index (κ3) is 6.41. The first kappa shape index (κ1) is 21.5. The van der Waals surface area contributed by atoms with Gasteiger partial charge in [-0.25, -0.2) is 4.99 Å². The van der Waals surface area contributed by atoms with E-state index in [1.165, 1.54) is 57.8 Å². The van der Waals surface area contributed by atoms with E-state index in [1.54, 1.807) is 19.0 Å². The van der Waals surface area contributed by atoms with Gasteiger partial charge >= 0.3 is 0 Å². The molecule has 5 nitrogen and oxygen atoms in total. The fourth-order valence-electron chi connectivity index (χ4n) is 3.76. The lowest BCUT2D eigenvalue weighted by Crippen LogP contribution is -2.46. The summed E-state index contributed by atoms with van der Waals surface area (Å²) in [6.07, 6.45) is 11.5. The van der Waals surface area contributed by atoms with Gasteiger partial charge in [-0.05, 0) is 37.5 Å². The Balaban J connectivity index is 0.00000288. The summed E-state index contributed by atoms with van der Waals surface area (Å²) in [6.45, 7) is 3.48. The van der Waals surface area contributed by atoms with Crippen LogP contribution in [0.1, 0.15) is 64.7 Å². The standard InChI is InChI=1S/C18H34N4O.HI/c1-4-18(11-7-8-12-18)14-20-17(19-13-16(23)22(2)3)21-15-9-5-6-10-15;/h15H,4-14H2,1-3H3,(H2,19,20,21);1H. The number of guanidine groups is 1. The topological polar surface area (TPSA) is 56.7 Å². The number of amides is 1. The summed E-state index contributed by atoms with van der Waals surface area (Å²) in [4.78, 5) is 18.0. The van der Waals surface area contributed by atoms with Crippen LogP contribution >= 0.6 is 24.0 Å². The molecule has 0 saturated heterocycles. The first-order valence-electron chi connectivity index (χ1n) is 9.30. The van der Waals surface area contributed by atoms with Crippen molar-refractivity contribution in [2.24, 2.45) is 10.4 Å². The van der Waals surface area contributed by atoms with Gasteiger partial charge < -0.3 is 15.5 Å². The molecule has 0 heterocycles. The number of carbonyl (C=O) groups excluding carboxylic acids is 1. The zero-order chi connectivity index (χ0) is 16.7. The average molecular weight is 450 g/mol. The lowest BCUT2D eigenvalue weighted by molar-refractivity contribution is -0.127. The van der Waals surface area contributed by atoms with E-state index in [4.69, 9.17) is 0 Å². The predicted octanol–water partition coefficient (Wildman–Crippen LogP) is 3.14. The Morgan fingerprint density at radius 3 is 2.33 bits per heavy atom. The minimum Gasteiger partial charge on any atom is -0.356 e. The number of likely N-dealkylation sites (N-methyl/N-ethyl adjacent to an activating group) is 1. The van der Waals surface area contributed by atoms with Gasteiger partial charge in [0.05, 0.1) is 0 Å². The molecular weight excluding hydrogens is 415 g/mol. The number of nitrogens with zero attached hydrogens (tertiary/aromatic N) is 2. The number of aliphatic imine (C=N–C) groups is 1. The Morgan fingerprint density at radius 1 is 1.17 bits per heavy atom. The van der Waals surface area contributed by atoms with Crippen molar-refractivity contribution in [2.45, 2.75) is 70.8 Å². The van der Waals surface area contributed by atoms with Crippen molar-refractivity contribution in [1.29, 1.82) is 0 Å². The van der Waals surface area contributed by atoms with Gasteiger partial charge in [-0.15, -0.1) is 24.0 Å². The molecule has 24 heavy (non-hydrogen) atoms. The SMILES string of the molecule is CCC1(CNC(=NCC(=O)N(C)C)NC2CCCC2)CCCC1.I. The fourth-order valence-corrected chi connectivity index (χ4v) is 3.76. The maximum Gasteiger partial charge on any atom is 0.243 e. The minimum atomic E-state index is 0. The highest BCUT2D eigenvalue weighted by molar-refractivity contribution is 14.0. The van der Waals surface area contributed by atoms with Crippen molar-refractivity contribution in [3.63, 3.8) is 0 Å². The van der Waals surface area contributed by atoms with Gasteiger partial charge in [0.25, 0.3) is 0 Å². The molecule has 140 valence electrons. The molecule has 0 aliphatic heterocycles. The smallest absolute Gasteiger partial charge is 0.243 e. The maximum atomic E-state index is 11.8. The molecule has 0 aromatic heterocycles. The van der Waals surface area contributed by atoms with Crippen LogP contribution in [0.15, 0.2) is 4.99 Å². The fraction of sp³-hybridized carbons (Fsp3) is 0.889. The van der Waals surface area contributed by atoms with Gasteiger partial charge in [0, 0.05) is 26.7 Å². The van der Waals surface area contributed by atoms with E-state index < -0.39 is 0 Å². The molecule has 0 bridgehead atoms. The summed E-state index contributed by atoms with van der Waals surface area (Å²) in [5.74, 6) is 0.871. The molecule has 0 unspecified atom stereocenters. The van der Waals surface area contributed by atoms with E-state index in [-0.39, 0.29) is 36.4 Å².